The fourth-order valence-corrected chi connectivity index (χ4v) is 2.95. The quantitative estimate of drug-likeness (QED) is 0.623. The SMILES string of the molecule is CC1CCCCN1CCCNC(=O)Cc1cccc(N)c1. The lowest BCUT2D eigenvalue weighted by molar-refractivity contribution is -0.120. The first kappa shape index (κ1) is 15.8. The van der Waals surface area contributed by atoms with Crippen molar-refractivity contribution in [2.75, 3.05) is 25.4 Å². The molecule has 1 aromatic carbocycles. The summed E-state index contributed by atoms with van der Waals surface area (Å²) in [5.41, 5.74) is 7.39. The van der Waals surface area contributed by atoms with E-state index in [1.165, 1.54) is 25.8 Å². The predicted octanol–water partition coefficient (Wildman–Crippen LogP) is 2.19. The van der Waals surface area contributed by atoms with Gasteiger partial charge >= 0.3 is 0 Å². The van der Waals surface area contributed by atoms with E-state index in [4.69, 9.17) is 5.73 Å². The number of likely N-dealkylation sites (tertiary alicyclic amines) is 1. The van der Waals surface area contributed by atoms with Crippen LogP contribution in [0.1, 0.15) is 38.2 Å². The highest BCUT2D eigenvalue weighted by Gasteiger charge is 2.17. The third-order valence-corrected chi connectivity index (χ3v) is 4.20. The van der Waals surface area contributed by atoms with E-state index in [-0.39, 0.29) is 5.91 Å². The van der Waals surface area contributed by atoms with Crippen LogP contribution in [-0.2, 0) is 11.2 Å². The molecule has 1 aliphatic heterocycles. The van der Waals surface area contributed by atoms with Crippen LogP contribution < -0.4 is 11.1 Å². The number of nitrogen functional groups attached to an aromatic ring is 1. The van der Waals surface area contributed by atoms with E-state index in [1.807, 2.05) is 24.3 Å². The molecule has 4 heteroatoms. The molecule has 116 valence electrons. The van der Waals surface area contributed by atoms with Gasteiger partial charge in [0.25, 0.3) is 0 Å². The van der Waals surface area contributed by atoms with Gasteiger partial charge in [-0.05, 0) is 50.4 Å². The van der Waals surface area contributed by atoms with Gasteiger partial charge in [0, 0.05) is 24.8 Å². The second kappa shape index (κ2) is 8.03. The molecule has 3 N–H and O–H groups in total. The zero-order valence-electron chi connectivity index (χ0n) is 13.0. The number of rotatable bonds is 6. The van der Waals surface area contributed by atoms with Crippen molar-refractivity contribution in [3.8, 4) is 0 Å². The molecule has 0 spiro atoms. The van der Waals surface area contributed by atoms with Crippen molar-refractivity contribution in [3.05, 3.63) is 29.8 Å². The van der Waals surface area contributed by atoms with Crippen LogP contribution in [0.15, 0.2) is 24.3 Å². The maximum atomic E-state index is 11.9. The monoisotopic (exact) mass is 289 g/mol. The summed E-state index contributed by atoms with van der Waals surface area (Å²) in [5, 5.41) is 3.00. The van der Waals surface area contributed by atoms with Gasteiger partial charge in [0.2, 0.25) is 5.91 Å². The fraction of sp³-hybridized carbons (Fsp3) is 0.588. The minimum Gasteiger partial charge on any atom is -0.399 e. The Morgan fingerprint density at radius 2 is 2.29 bits per heavy atom. The van der Waals surface area contributed by atoms with Gasteiger partial charge in [-0.2, -0.15) is 0 Å². The number of piperidine rings is 1. The van der Waals surface area contributed by atoms with Crippen LogP contribution in [0.5, 0.6) is 0 Å². The van der Waals surface area contributed by atoms with Crippen molar-refractivity contribution in [2.24, 2.45) is 0 Å². The maximum Gasteiger partial charge on any atom is 0.224 e. The Morgan fingerprint density at radius 1 is 1.43 bits per heavy atom. The van der Waals surface area contributed by atoms with E-state index >= 15 is 0 Å². The number of benzene rings is 1. The first-order valence-corrected chi connectivity index (χ1v) is 8.00. The van der Waals surface area contributed by atoms with Gasteiger partial charge in [0.05, 0.1) is 6.42 Å². The van der Waals surface area contributed by atoms with Crippen molar-refractivity contribution < 1.29 is 4.79 Å². The Morgan fingerprint density at radius 3 is 3.05 bits per heavy atom. The molecule has 1 aliphatic rings. The van der Waals surface area contributed by atoms with Crippen molar-refractivity contribution >= 4 is 11.6 Å². The number of hydrogen-bond acceptors (Lipinski definition) is 3. The lowest BCUT2D eigenvalue weighted by Gasteiger charge is -2.33. The Hall–Kier alpha value is -1.55. The summed E-state index contributed by atoms with van der Waals surface area (Å²) in [6.07, 6.45) is 5.40. The maximum absolute atomic E-state index is 11.9. The Balaban J connectivity index is 1.63. The summed E-state index contributed by atoms with van der Waals surface area (Å²) < 4.78 is 0. The molecule has 2 rings (SSSR count). The molecule has 0 radical (unpaired) electrons. The number of nitrogens with one attached hydrogen (secondary N) is 1. The van der Waals surface area contributed by atoms with Crippen LogP contribution in [0, 0.1) is 0 Å². The van der Waals surface area contributed by atoms with Crippen LogP contribution >= 0.6 is 0 Å². The zero-order valence-corrected chi connectivity index (χ0v) is 13.0. The molecule has 0 saturated carbocycles. The van der Waals surface area contributed by atoms with Gasteiger partial charge in [-0.1, -0.05) is 18.6 Å². The van der Waals surface area contributed by atoms with Crippen molar-refractivity contribution in [2.45, 2.75) is 45.1 Å². The van der Waals surface area contributed by atoms with E-state index in [9.17, 15) is 4.79 Å². The number of hydrogen-bond donors (Lipinski definition) is 2. The van der Waals surface area contributed by atoms with Gasteiger partial charge in [-0.25, -0.2) is 0 Å². The van der Waals surface area contributed by atoms with Gasteiger partial charge in [0.1, 0.15) is 0 Å². The summed E-state index contributed by atoms with van der Waals surface area (Å²) >= 11 is 0. The second-order valence-corrected chi connectivity index (χ2v) is 6.01. The van der Waals surface area contributed by atoms with Crippen molar-refractivity contribution in [3.63, 3.8) is 0 Å². The highest BCUT2D eigenvalue weighted by molar-refractivity contribution is 5.78. The first-order chi connectivity index (χ1) is 10.1. The van der Waals surface area contributed by atoms with Gasteiger partial charge in [-0.15, -0.1) is 0 Å². The molecule has 0 aromatic heterocycles. The first-order valence-electron chi connectivity index (χ1n) is 8.00. The summed E-state index contributed by atoms with van der Waals surface area (Å²) in [5.74, 6) is 0.0762. The predicted molar refractivity (Wildman–Crippen MR) is 87.1 cm³/mol. The van der Waals surface area contributed by atoms with Gasteiger partial charge < -0.3 is 16.0 Å². The number of nitrogens with zero attached hydrogens (tertiary/aromatic N) is 1. The zero-order chi connectivity index (χ0) is 15.1. The molecule has 1 heterocycles. The average molecular weight is 289 g/mol. The van der Waals surface area contributed by atoms with Crippen LogP contribution in [0.25, 0.3) is 0 Å². The smallest absolute Gasteiger partial charge is 0.224 e. The fourth-order valence-electron chi connectivity index (χ4n) is 2.95. The van der Waals surface area contributed by atoms with E-state index in [0.717, 1.165) is 25.1 Å². The number of carbonyl (C=O) groups excluding carboxylic acids is 1. The lowest BCUT2D eigenvalue weighted by atomic mass is 10.0. The normalized spacial score (nSPS) is 19.4. The number of nitrogens with two attached hydrogens (primary N) is 1. The van der Waals surface area contributed by atoms with E-state index in [2.05, 4.69) is 17.1 Å². The third-order valence-electron chi connectivity index (χ3n) is 4.20. The Kier molecular flexibility index (Phi) is 6.05. The molecule has 1 aromatic rings. The second-order valence-electron chi connectivity index (χ2n) is 6.01. The standard InChI is InChI=1S/C17H27N3O/c1-14-6-2-3-10-20(14)11-5-9-19-17(21)13-15-7-4-8-16(18)12-15/h4,7-8,12,14H,2-3,5-6,9-11,13,18H2,1H3,(H,19,21). The number of carbonyl (C=O) groups is 1. The molecule has 1 amide bonds. The van der Waals surface area contributed by atoms with Crippen LogP contribution in [0.4, 0.5) is 5.69 Å². The molecule has 0 aliphatic carbocycles. The minimum atomic E-state index is 0.0762. The van der Waals surface area contributed by atoms with Crippen LogP contribution in [-0.4, -0.2) is 36.5 Å². The average Bonchev–Trinajstić information content (AvgIpc) is 2.45. The van der Waals surface area contributed by atoms with Crippen molar-refractivity contribution in [1.29, 1.82) is 0 Å². The van der Waals surface area contributed by atoms with E-state index in [1.54, 1.807) is 0 Å². The lowest BCUT2D eigenvalue weighted by Crippen LogP contribution is -2.39. The number of amides is 1. The highest BCUT2D eigenvalue weighted by atomic mass is 16.1. The topological polar surface area (TPSA) is 58.4 Å². The molecule has 1 unspecified atom stereocenters. The summed E-state index contributed by atoms with van der Waals surface area (Å²) in [6, 6.07) is 8.21. The largest absolute Gasteiger partial charge is 0.399 e. The molecular weight excluding hydrogens is 262 g/mol. The molecular formula is C17H27N3O. The summed E-state index contributed by atoms with van der Waals surface area (Å²) in [7, 11) is 0. The van der Waals surface area contributed by atoms with Gasteiger partial charge in [0.15, 0.2) is 0 Å². The molecule has 1 saturated heterocycles. The van der Waals surface area contributed by atoms with Crippen LogP contribution in [0.3, 0.4) is 0 Å². The van der Waals surface area contributed by atoms with Crippen molar-refractivity contribution in [1.82, 2.24) is 10.2 Å². The van der Waals surface area contributed by atoms with Gasteiger partial charge in [-0.3, -0.25) is 4.79 Å². The van der Waals surface area contributed by atoms with E-state index in [0.29, 0.717) is 18.2 Å². The van der Waals surface area contributed by atoms with E-state index < -0.39 is 0 Å². The molecule has 1 atom stereocenters. The summed E-state index contributed by atoms with van der Waals surface area (Å²) in [4.78, 5) is 14.4. The summed E-state index contributed by atoms with van der Waals surface area (Å²) in [6.45, 7) is 5.35. The third kappa shape index (κ3) is 5.38. The molecule has 1 fully saturated rings. The molecule has 0 bridgehead atoms. The Bertz CT molecular complexity index is 461. The molecule has 4 nitrogen and oxygen atoms in total. The Labute approximate surface area is 127 Å². The van der Waals surface area contributed by atoms with Crippen LogP contribution in [0.2, 0.25) is 0 Å². The number of anilines is 1. The highest BCUT2D eigenvalue weighted by Crippen LogP contribution is 2.16. The molecule has 21 heavy (non-hydrogen) atoms. The minimum absolute atomic E-state index is 0.0762.